The Labute approximate surface area is 167 Å². The third-order valence-corrected chi connectivity index (χ3v) is 6.75. The van der Waals surface area contributed by atoms with E-state index in [0.29, 0.717) is 23.8 Å². The van der Waals surface area contributed by atoms with Crippen molar-refractivity contribution < 1.29 is 9.59 Å². The van der Waals surface area contributed by atoms with Gasteiger partial charge in [0.05, 0.1) is 0 Å². The van der Waals surface area contributed by atoms with Gasteiger partial charge in [-0.05, 0) is 88.3 Å². The van der Waals surface area contributed by atoms with E-state index in [1.54, 1.807) is 24.3 Å². The van der Waals surface area contributed by atoms with Gasteiger partial charge in [-0.2, -0.15) is 0 Å². The first-order valence-corrected chi connectivity index (χ1v) is 10.7. The summed E-state index contributed by atoms with van der Waals surface area (Å²) in [6.45, 7) is 8.41. The van der Waals surface area contributed by atoms with E-state index in [2.05, 4.69) is 20.4 Å². The number of carbonyl (C=O) groups excluding carboxylic acids is 2. The van der Waals surface area contributed by atoms with Gasteiger partial charge in [0.1, 0.15) is 0 Å². The van der Waals surface area contributed by atoms with Gasteiger partial charge in [-0.25, -0.2) is 4.79 Å². The van der Waals surface area contributed by atoms with E-state index < -0.39 is 0 Å². The summed E-state index contributed by atoms with van der Waals surface area (Å²) in [5.74, 6) is 1.64. The number of piperidine rings is 3. The van der Waals surface area contributed by atoms with Crippen molar-refractivity contribution in [2.45, 2.75) is 38.6 Å². The molecule has 0 saturated carbocycles. The molecular formula is C22H32N4O2. The summed E-state index contributed by atoms with van der Waals surface area (Å²) in [7, 11) is 0. The molecule has 2 amide bonds. The van der Waals surface area contributed by atoms with Crippen LogP contribution in [0, 0.1) is 11.8 Å². The van der Waals surface area contributed by atoms with Crippen LogP contribution in [0.2, 0.25) is 0 Å². The molecule has 28 heavy (non-hydrogen) atoms. The Bertz CT molecular complexity index is 699. The van der Waals surface area contributed by atoms with Gasteiger partial charge in [0, 0.05) is 36.9 Å². The molecule has 1 aromatic carbocycles. The van der Waals surface area contributed by atoms with Crippen LogP contribution in [0.4, 0.5) is 10.5 Å². The highest BCUT2D eigenvalue weighted by molar-refractivity contribution is 5.95. The molecule has 1 aromatic rings. The summed E-state index contributed by atoms with van der Waals surface area (Å²) in [6, 6.07) is 7.30. The molecule has 2 bridgehead atoms. The second-order valence-electron chi connectivity index (χ2n) is 8.67. The Hall–Kier alpha value is -1.92. The fourth-order valence-corrected chi connectivity index (χ4v) is 5.14. The van der Waals surface area contributed by atoms with Crippen LogP contribution in [-0.2, 0) is 0 Å². The van der Waals surface area contributed by atoms with Crippen molar-refractivity contribution in [2.75, 3.05) is 44.6 Å². The fraction of sp³-hybridized carbons (Fsp3) is 0.636. The van der Waals surface area contributed by atoms with Crippen molar-refractivity contribution >= 4 is 17.5 Å². The van der Waals surface area contributed by atoms with Gasteiger partial charge in [-0.1, -0.05) is 0 Å². The van der Waals surface area contributed by atoms with Crippen molar-refractivity contribution in [1.82, 2.24) is 15.1 Å². The number of benzene rings is 1. The Morgan fingerprint density at radius 2 is 1.86 bits per heavy atom. The van der Waals surface area contributed by atoms with Crippen LogP contribution in [0.25, 0.3) is 0 Å². The smallest absolute Gasteiger partial charge is 0.319 e. The molecule has 6 nitrogen and oxygen atoms in total. The zero-order valence-electron chi connectivity index (χ0n) is 16.8. The standard InChI is InChI=1S/C22H32N4O2/c1-16(27)17-4-6-20(7-5-17)24-22(28)23-13-21-12-18-8-11-26(21)15-19(18)14-25-9-2-3-10-25/h4-7,18-19,21H,2-3,8-15H2,1H3,(H2,23,24,28)/t18-,19+,21+/m1/s1. The van der Waals surface area contributed by atoms with Crippen molar-refractivity contribution in [3.05, 3.63) is 29.8 Å². The summed E-state index contributed by atoms with van der Waals surface area (Å²) >= 11 is 0. The van der Waals surface area contributed by atoms with Gasteiger partial charge >= 0.3 is 6.03 Å². The van der Waals surface area contributed by atoms with Crippen LogP contribution in [0.15, 0.2) is 24.3 Å². The molecule has 4 saturated heterocycles. The molecule has 4 fully saturated rings. The normalized spacial score (nSPS) is 29.6. The molecule has 0 aromatic heterocycles. The molecule has 1 unspecified atom stereocenters. The maximum Gasteiger partial charge on any atom is 0.319 e. The molecule has 6 heteroatoms. The van der Waals surface area contributed by atoms with E-state index in [1.807, 2.05) is 0 Å². The molecular weight excluding hydrogens is 352 g/mol. The lowest BCUT2D eigenvalue weighted by Gasteiger charge is -2.50. The molecule has 0 spiro atoms. The number of likely N-dealkylation sites (tertiary alicyclic amines) is 1. The molecule has 2 N–H and O–H groups in total. The van der Waals surface area contributed by atoms with Crippen LogP contribution in [-0.4, -0.2) is 66.9 Å². The van der Waals surface area contributed by atoms with Crippen LogP contribution in [0.5, 0.6) is 0 Å². The van der Waals surface area contributed by atoms with Gasteiger partial charge in [-0.3, -0.25) is 9.69 Å². The third-order valence-electron chi connectivity index (χ3n) is 6.75. The fourth-order valence-electron chi connectivity index (χ4n) is 5.14. The lowest BCUT2D eigenvalue weighted by molar-refractivity contribution is -0.00837. The number of rotatable bonds is 6. The van der Waals surface area contributed by atoms with Gasteiger partial charge in [-0.15, -0.1) is 0 Å². The van der Waals surface area contributed by atoms with E-state index in [0.717, 1.165) is 11.8 Å². The highest BCUT2D eigenvalue weighted by Crippen LogP contribution is 2.36. The Morgan fingerprint density at radius 1 is 1.11 bits per heavy atom. The van der Waals surface area contributed by atoms with Crippen molar-refractivity contribution in [1.29, 1.82) is 0 Å². The van der Waals surface area contributed by atoms with Crippen molar-refractivity contribution in [3.8, 4) is 0 Å². The van der Waals surface area contributed by atoms with Gasteiger partial charge in [0.15, 0.2) is 5.78 Å². The van der Waals surface area contributed by atoms with Crippen molar-refractivity contribution in [3.63, 3.8) is 0 Å². The minimum atomic E-state index is -0.174. The summed E-state index contributed by atoms with van der Waals surface area (Å²) in [5, 5.41) is 5.90. The number of hydrogen-bond donors (Lipinski definition) is 2. The summed E-state index contributed by atoms with van der Waals surface area (Å²) in [6.07, 6.45) is 5.23. The molecule has 4 aliphatic heterocycles. The number of urea groups is 1. The quantitative estimate of drug-likeness (QED) is 0.741. The first-order valence-electron chi connectivity index (χ1n) is 10.7. The average molecular weight is 385 g/mol. The number of Topliss-reactive ketones (excluding diaryl/α,β-unsaturated/α-hetero) is 1. The van der Waals surface area contributed by atoms with Gasteiger partial charge < -0.3 is 15.5 Å². The number of anilines is 1. The number of fused-ring (bicyclic) bond motifs is 3. The molecule has 0 radical (unpaired) electrons. The molecule has 4 heterocycles. The summed E-state index contributed by atoms with van der Waals surface area (Å²) < 4.78 is 0. The van der Waals surface area contributed by atoms with E-state index in [1.165, 1.54) is 65.3 Å². The van der Waals surface area contributed by atoms with Gasteiger partial charge in [0.25, 0.3) is 0 Å². The van der Waals surface area contributed by atoms with E-state index in [9.17, 15) is 9.59 Å². The zero-order chi connectivity index (χ0) is 19.5. The van der Waals surface area contributed by atoms with Gasteiger partial charge in [0.2, 0.25) is 0 Å². The summed E-state index contributed by atoms with van der Waals surface area (Å²) in [4.78, 5) is 28.8. The number of ketones is 1. The number of carbonyl (C=O) groups is 2. The second kappa shape index (κ2) is 8.62. The van der Waals surface area contributed by atoms with Crippen LogP contribution in [0.3, 0.4) is 0 Å². The SMILES string of the molecule is CC(=O)c1ccc(NC(=O)NC[C@@H]2C[C@H]3CCN2C[C@@H]3CN2CCCC2)cc1. The van der Waals surface area contributed by atoms with Crippen molar-refractivity contribution in [2.24, 2.45) is 11.8 Å². The zero-order valence-corrected chi connectivity index (χ0v) is 16.8. The maximum atomic E-state index is 12.3. The van der Waals surface area contributed by atoms with Crippen LogP contribution >= 0.6 is 0 Å². The van der Waals surface area contributed by atoms with Crippen LogP contribution in [0.1, 0.15) is 43.0 Å². The van der Waals surface area contributed by atoms with E-state index in [4.69, 9.17) is 0 Å². The summed E-state index contributed by atoms with van der Waals surface area (Å²) in [5.41, 5.74) is 1.36. The predicted octanol–water partition coefficient (Wildman–Crippen LogP) is 2.82. The predicted molar refractivity (Wildman–Crippen MR) is 111 cm³/mol. The number of hydrogen-bond acceptors (Lipinski definition) is 4. The van der Waals surface area contributed by atoms with E-state index in [-0.39, 0.29) is 11.8 Å². The number of nitrogens with one attached hydrogen (secondary N) is 2. The first kappa shape index (κ1) is 19.4. The minimum Gasteiger partial charge on any atom is -0.336 e. The first-order chi connectivity index (χ1) is 13.6. The van der Waals surface area contributed by atoms with E-state index >= 15 is 0 Å². The number of amides is 2. The number of nitrogens with zero attached hydrogens (tertiary/aromatic N) is 2. The lowest BCUT2D eigenvalue weighted by Crippen LogP contribution is -2.58. The largest absolute Gasteiger partial charge is 0.336 e. The highest BCUT2D eigenvalue weighted by atomic mass is 16.2. The third kappa shape index (κ3) is 4.55. The highest BCUT2D eigenvalue weighted by Gasteiger charge is 2.40. The second-order valence-corrected chi connectivity index (χ2v) is 8.67. The lowest BCUT2D eigenvalue weighted by atomic mass is 9.75. The monoisotopic (exact) mass is 384 g/mol. The Kier molecular flexibility index (Phi) is 5.97. The topological polar surface area (TPSA) is 64.7 Å². The molecule has 4 atom stereocenters. The van der Waals surface area contributed by atoms with Crippen LogP contribution < -0.4 is 10.6 Å². The molecule has 4 aliphatic rings. The maximum absolute atomic E-state index is 12.3. The molecule has 0 aliphatic carbocycles. The minimum absolute atomic E-state index is 0.0282. The molecule has 5 rings (SSSR count). The Morgan fingerprint density at radius 3 is 2.50 bits per heavy atom. The Balaban J connectivity index is 1.23. The molecule has 152 valence electrons. The average Bonchev–Trinajstić information content (AvgIpc) is 3.20.